The number of aliphatic imine (C=N–C) groups is 1. The van der Waals surface area contributed by atoms with E-state index in [-0.39, 0.29) is 0 Å². The number of hydrogen-bond donors (Lipinski definition) is 2. The Morgan fingerprint density at radius 1 is 1.31 bits per heavy atom. The maximum atomic E-state index is 5.45. The SMILES string of the molecule is CN=C(NCc1ccc(OC)cc1OC)NCC(C)N1CCCC(C)C1. The number of likely N-dealkylation sites (tertiary alicyclic amines) is 1. The minimum absolute atomic E-state index is 0.492. The summed E-state index contributed by atoms with van der Waals surface area (Å²) < 4.78 is 10.7. The van der Waals surface area contributed by atoms with Gasteiger partial charge in [0.1, 0.15) is 11.5 Å². The van der Waals surface area contributed by atoms with Crippen LogP contribution >= 0.6 is 0 Å². The van der Waals surface area contributed by atoms with E-state index in [4.69, 9.17) is 9.47 Å². The molecule has 1 heterocycles. The molecule has 1 aromatic carbocycles. The van der Waals surface area contributed by atoms with Gasteiger partial charge in [-0.25, -0.2) is 0 Å². The van der Waals surface area contributed by atoms with Crippen LogP contribution in [0.1, 0.15) is 32.3 Å². The lowest BCUT2D eigenvalue weighted by Gasteiger charge is -2.35. The van der Waals surface area contributed by atoms with Gasteiger partial charge in [-0.2, -0.15) is 0 Å². The maximum Gasteiger partial charge on any atom is 0.191 e. The van der Waals surface area contributed by atoms with Gasteiger partial charge in [-0.15, -0.1) is 0 Å². The summed E-state index contributed by atoms with van der Waals surface area (Å²) in [5.74, 6) is 3.20. The Balaban J connectivity index is 1.84. The van der Waals surface area contributed by atoms with Gasteiger partial charge in [-0.05, 0) is 44.4 Å². The first-order chi connectivity index (χ1) is 12.6. The van der Waals surface area contributed by atoms with Gasteiger partial charge in [0.2, 0.25) is 0 Å². The molecule has 6 nitrogen and oxygen atoms in total. The van der Waals surface area contributed by atoms with Gasteiger partial charge in [0.25, 0.3) is 0 Å². The number of nitrogens with one attached hydrogen (secondary N) is 2. The van der Waals surface area contributed by atoms with E-state index >= 15 is 0 Å². The number of piperidine rings is 1. The Morgan fingerprint density at radius 2 is 2.12 bits per heavy atom. The average Bonchev–Trinajstić information content (AvgIpc) is 2.67. The molecule has 1 saturated heterocycles. The van der Waals surface area contributed by atoms with Crippen LogP contribution in [-0.4, -0.2) is 57.8 Å². The Kier molecular flexibility index (Phi) is 8.04. The van der Waals surface area contributed by atoms with Crippen LogP contribution in [0.15, 0.2) is 23.2 Å². The van der Waals surface area contributed by atoms with E-state index in [1.54, 1.807) is 21.3 Å². The highest BCUT2D eigenvalue weighted by Gasteiger charge is 2.20. The third-order valence-electron chi connectivity index (χ3n) is 5.04. The summed E-state index contributed by atoms with van der Waals surface area (Å²) in [4.78, 5) is 6.91. The fourth-order valence-corrected chi connectivity index (χ4v) is 3.40. The summed E-state index contributed by atoms with van der Waals surface area (Å²) >= 11 is 0. The smallest absolute Gasteiger partial charge is 0.191 e. The Bertz CT molecular complexity index is 591. The maximum absolute atomic E-state index is 5.45. The average molecular weight is 363 g/mol. The fourth-order valence-electron chi connectivity index (χ4n) is 3.40. The molecule has 0 saturated carbocycles. The van der Waals surface area contributed by atoms with E-state index in [0.717, 1.165) is 35.5 Å². The monoisotopic (exact) mass is 362 g/mol. The molecule has 6 heteroatoms. The second-order valence-corrected chi connectivity index (χ2v) is 7.08. The molecule has 2 unspecified atom stereocenters. The zero-order chi connectivity index (χ0) is 18.9. The highest BCUT2D eigenvalue weighted by atomic mass is 16.5. The predicted molar refractivity (Wildman–Crippen MR) is 107 cm³/mol. The summed E-state index contributed by atoms with van der Waals surface area (Å²) in [5.41, 5.74) is 1.06. The zero-order valence-corrected chi connectivity index (χ0v) is 16.8. The van der Waals surface area contributed by atoms with Crippen molar-refractivity contribution in [2.45, 2.75) is 39.3 Å². The molecule has 0 spiro atoms. The van der Waals surface area contributed by atoms with E-state index in [1.807, 2.05) is 18.2 Å². The molecule has 2 atom stereocenters. The Labute approximate surface area is 158 Å². The lowest BCUT2D eigenvalue weighted by Crippen LogP contribution is -2.48. The molecular weight excluding hydrogens is 328 g/mol. The van der Waals surface area contributed by atoms with Crippen molar-refractivity contribution in [3.05, 3.63) is 23.8 Å². The van der Waals surface area contributed by atoms with Crippen molar-refractivity contribution < 1.29 is 9.47 Å². The third-order valence-corrected chi connectivity index (χ3v) is 5.04. The van der Waals surface area contributed by atoms with Crippen LogP contribution < -0.4 is 20.1 Å². The molecule has 1 aromatic rings. The molecule has 1 fully saturated rings. The molecule has 0 aliphatic carbocycles. The molecule has 0 amide bonds. The summed E-state index contributed by atoms with van der Waals surface area (Å²) in [6, 6.07) is 6.34. The fraction of sp³-hybridized carbons (Fsp3) is 0.650. The number of benzene rings is 1. The molecule has 146 valence electrons. The van der Waals surface area contributed by atoms with E-state index in [2.05, 4.69) is 34.4 Å². The van der Waals surface area contributed by atoms with E-state index in [9.17, 15) is 0 Å². The van der Waals surface area contributed by atoms with Crippen molar-refractivity contribution in [1.29, 1.82) is 0 Å². The molecule has 26 heavy (non-hydrogen) atoms. The van der Waals surface area contributed by atoms with Crippen LogP contribution in [0.4, 0.5) is 0 Å². The highest BCUT2D eigenvalue weighted by Crippen LogP contribution is 2.24. The van der Waals surface area contributed by atoms with Gasteiger partial charge >= 0.3 is 0 Å². The Morgan fingerprint density at radius 3 is 2.77 bits per heavy atom. The summed E-state index contributed by atoms with van der Waals surface area (Å²) in [5, 5.41) is 6.81. The van der Waals surface area contributed by atoms with Crippen LogP contribution in [0.2, 0.25) is 0 Å². The van der Waals surface area contributed by atoms with Crippen LogP contribution in [0.3, 0.4) is 0 Å². The number of ether oxygens (including phenoxy) is 2. The minimum atomic E-state index is 0.492. The summed E-state index contributed by atoms with van der Waals surface area (Å²) in [6.07, 6.45) is 2.65. The van der Waals surface area contributed by atoms with E-state index in [0.29, 0.717) is 12.6 Å². The standard InChI is InChI=1S/C20H34N4O2/c1-15-7-6-10-24(14-15)16(2)12-22-20(21-3)23-13-17-8-9-18(25-4)11-19(17)26-5/h8-9,11,15-16H,6-7,10,12-14H2,1-5H3,(H2,21,22,23). The second kappa shape index (κ2) is 10.3. The summed E-state index contributed by atoms with van der Waals surface area (Å²) in [7, 11) is 5.13. The number of hydrogen-bond acceptors (Lipinski definition) is 4. The number of methoxy groups -OCH3 is 2. The summed E-state index contributed by atoms with van der Waals surface area (Å²) in [6.45, 7) is 8.54. The molecule has 1 aliphatic rings. The van der Waals surface area contributed by atoms with Crippen LogP contribution in [0.5, 0.6) is 11.5 Å². The minimum Gasteiger partial charge on any atom is -0.497 e. The highest BCUT2D eigenvalue weighted by molar-refractivity contribution is 5.79. The van der Waals surface area contributed by atoms with E-state index < -0.39 is 0 Å². The first kappa shape index (κ1) is 20.4. The number of nitrogens with zero attached hydrogens (tertiary/aromatic N) is 2. The zero-order valence-electron chi connectivity index (χ0n) is 16.8. The van der Waals surface area contributed by atoms with Gasteiger partial charge in [0.05, 0.1) is 14.2 Å². The molecule has 0 bridgehead atoms. The molecule has 0 aromatic heterocycles. The quantitative estimate of drug-likeness (QED) is 0.576. The van der Waals surface area contributed by atoms with Gasteiger partial charge in [0.15, 0.2) is 5.96 Å². The van der Waals surface area contributed by atoms with Gasteiger partial charge in [-0.1, -0.05) is 6.92 Å². The van der Waals surface area contributed by atoms with Crippen molar-refractivity contribution >= 4 is 5.96 Å². The molecular formula is C20H34N4O2. The first-order valence-electron chi connectivity index (χ1n) is 9.46. The molecule has 2 rings (SSSR count). The first-order valence-corrected chi connectivity index (χ1v) is 9.46. The predicted octanol–water partition coefficient (Wildman–Crippen LogP) is 2.49. The van der Waals surface area contributed by atoms with Crippen molar-refractivity contribution in [3.63, 3.8) is 0 Å². The normalized spacial score (nSPS) is 19.7. The second-order valence-electron chi connectivity index (χ2n) is 7.08. The van der Waals surface area contributed by atoms with Crippen LogP contribution in [0.25, 0.3) is 0 Å². The molecule has 1 aliphatic heterocycles. The van der Waals surface area contributed by atoms with Crippen molar-refractivity contribution in [3.8, 4) is 11.5 Å². The number of rotatable bonds is 7. The van der Waals surface area contributed by atoms with Crippen molar-refractivity contribution in [1.82, 2.24) is 15.5 Å². The van der Waals surface area contributed by atoms with Gasteiger partial charge in [0, 0.05) is 44.4 Å². The topological polar surface area (TPSA) is 58.1 Å². The van der Waals surface area contributed by atoms with Crippen molar-refractivity contribution in [2.75, 3.05) is 40.9 Å². The lowest BCUT2D eigenvalue weighted by molar-refractivity contribution is 0.139. The number of guanidine groups is 1. The van der Waals surface area contributed by atoms with Gasteiger partial charge in [-0.3, -0.25) is 9.89 Å². The van der Waals surface area contributed by atoms with E-state index in [1.165, 1.54) is 25.9 Å². The molecule has 2 N–H and O–H groups in total. The van der Waals surface area contributed by atoms with Crippen molar-refractivity contribution in [2.24, 2.45) is 10.9 Å². The largest absolute Gasteiger partial charge is 0.497 e. The Hall–Kier alpha value is -1.95. The van der Waals surface area contributed by atoms with Crippen LogP contribution in [0, 0.1) is 5.92 Å². The van der Waals surface area contributed by atoms with Gasteiger partial charge < -0.3 is 20.1 Å². The lowest BCUT2D eigenvalue weighted by atomic mass is 9.99. The molecule has 0 radical (unpaired) electrons. The third kappa shape index (κ3) is 5.80. The van der Waals surface area contributed by atoms with Crippen LogP contribution in [-0.2, 0) is 6.54 Å².